The molecule has 0 amide bonds. The van der Waals surface area contributed by atoms with Crippen LogP contribution in [0.1, 0.15) is 16.7 Å². The quantitative estimate of drug-likeness (QED) is 0.749. The van der Waals surface area contributed by atoms with Gasteiger partial charge in [-0.15, -0.1) is 0 Å². The Bertz CT molecular complexity index is 621. The summed E-state index contributed by atoms with van der Waals surface area (Å²) in [5.74, 6) is 0. The summed E-state index contributed by atoms with van der Waals surface area (Å²) in [6.45, 7) is 4.11. The molecule has 1 aromatic carbocycles. The maximum Gasteiger partial charge on any atom is 0.103 e. The van der Waals surface area contributed by atoms with Gasteiger partial charge in [-0.1, -0.05) is 11.6 Å². The number of fused-ring (bicyclic) bond motifs is 1. The van der Waals surface area contributed by atoms with Crippen molar-refractivity contribution in [2.75, 3.05) is 19.0 Å². The lowest BCUT2D eigenvalue weighted by atomic mass is 10.0. The molecule has 86 valence electrons. The summed E-state index contributed by atoms with van der Waals surface area (Å²) in [5, 5.41) is 10.2. The monoisotopic (exact) mass is 225 g/mol. The average Bonchev–Trinajstić information content (AvgIpc) is 2.26. The molecule has 0 aliphatic carbocycles. The molecule has 0 N–H and O–H groups in total. The molecular weight excluding hydrogens is 210 g/mol. The van der Waals surface area contributed by atoms with E-state index >= 15 is 0 Å². The molecule has 0 aliphatic heterocycles. The molecule has 0 spiro atoms. The highest BCUT2D eigenvalue weighted by Gasteiger charge is 2.12. The van der Waals surface area contributed by atoms with Crippen LogP contribution in [-0.4, -0.2) is 19.1 Å². The summed E-state index contributed by atoms with van der Waals surface area (Å²) in [6, 6.07) is 6.40. The maximum atomic E-state index is 9.15. The van der Waals surface area contributed by atoms with Gasteiger partial charge in [0.2, 0.25) is 0 Å². The highest BCUT2D eigenvalue weighted by Crippen LogP contribution is 2.30. The molecule has 3 nitrogen and oxygen atoms in total. The Balaban J connectivity index is 2.95. The van der Waals surface area contributed by atoms with Crippen LogP contribution in [0, 0.1) is 25.2 Å². The predicted molar refractivity (Wildman–Crippen MR) is 70.3 cm³/mol. The number of hydrogen-bond acceptors (Lipinski definition) is 3. The van der Waals surface area contributed by atoms with Crippen molar-refractivity contribution in [2.45, 2.75) is 13.8 Å². The van der Waals surface area contributed by atoms with Crippen LogP contribution in [0.25, 0.3) is 10.9 Å². The number of anilines is 1. The van der Waals surface area contributed by atoms with Gasteiger partial charge < -0.3 is 4.90 Å². The molecule has 2 aromatic rings. The number of aromatic nitrogens is 1. The Morgan fingerprint density at radius 3 is 2.53 bits per heavy atom. The molecule has 2 rings (SSSR count). The van der Waals surface area contributed by atoms with E-state index in [1.807, 2.05) is 25.9 Å². The van der Waals surface area contributed by atoms with E-state index in [-0.39, 0.29) is 0 Å². The smallest absolute Gasteiger partial charge is 0.103 e. The van der Waals surface area contributed by atoms with Crippen molar-refractivity contribution in [1.82, 2.24) is 4.98 Å². The molecule has 0 fully saturated rings. The van der Waals surface area contributed by atoms with Crippen molar-refractivity contribution in [3.63, 3.8) is 0 Å². The number of rotatable bonds is 1. The first kappa shape index (κ1) is 11.4. The molecule has 0 saturated carbocycles. The van der Waals surface area contributed by atoms with Crippen molar-refractivity contribution >= 4 is 16.6 Å². The predicted octanol–water partition coefficient (Wildman–Crippen LogP) is 2.79. The van der Waals surface area contributed by atoms with Crippen LogP contribution in [0.15, 0.2) is 18.3 Å². The van der Waals surface area contributed by atoms with Crippen LogP contribution in [0.5, 0.6) is 0 Å². The molecule has 1 aromatic heterocycles. The summed E-state index contributed by atoms with van der Waals surface area (Å²) in [6.07, 6.45) is 1.65. The first-order chi connectivity index (χ1) is 8.04. The van der Waals surface area contributed by atoms with E-state index in [2.05, 4.69) is 30.1 Å². The molecule has 0 atom stereocenters. The minimum absolute atomic E-state index is 0.618. The number of aryl methyl sites for hydroxylation is 2. The lowest BCUT2D eigenvalue weighted by molar-refractivity contribution is 1.13. The van der Waals surface area contributed by atoms with Gasteiger partial charge in [0.1, 0.15) is 6.07 Å². The molecule has 0 aliphatic rings. The van der Waals surface area contributed by atoms with Crippen molar-refractivity contribution in [2.24, 2.45) is 0 Å². The zero-order valence-electron chi connectivity index (χ0n) is 10.6. The van der Waals surface area contributed by atoms with E-state index in [1.54, 1.807) is 6.20 Å². The summed E-state index contributed by atoms with van der Waals surface area (Å²) >= 11 is 0. The van der Waals surface area contributed by atoms with Crippen LogP contribution >= 0.6 is 0 Å². The SMILES string of the molecule is Cc1cc(C)c2ncc(C#N)c(N(C)C)c2c1. The van der Waals surface area contributed by atoms with Gasteiger partial charge in [0.25, 0.3) is 0 Å². The fraction of sp³-hybridized carbons (Fsp3) is 0.286. The Morgan fingerprint density at radius 1 is 1.24 bits per heavy atom. The third-order valence-corrected chi connectivity index (χ3v) is 2.85. The minimum atomic E-state index is 0.618. The van der Waals surface area contributed by atoms with Crippen LogP contribution in [-0.2, 0) is 0 Å². The fourth-order valence-corrected chi connectivity index (χ4v) is 2.21. The van der Waals surface area contributed by atoms with E-state index in [1.165, 1.54) is 5.56 Å². The molecule has 0 radical (unpaired) electrons. The van der Waals surface area contributed by atoms with Gasteiger partial charge in [-0.05, 0) is 25.5 Å². The van der Waals surface area contributed by atoms with Gasteiger partial charge in [-0.2, -0.15) is 5.26 Å². The lowest BCUT2D eigenvalue weighted by Crippen LogP contribution is -2.11. The molecular formula is C14H15N3. The zero-order chi connectivity index (χ0) is 12.6. The second kappa shape index (κ2) is 4.06. The van der Waals surface area contributed by atoms with Gasteiger partial charge >= 0.3 is 0 Å². The Hall–Kier alpha value is -2.08. The molecule has 3 heteroatoms. The molecule has 1 heterocycles. The number of benzene rings is 1. The van der Waals surface area contributed by atoms with E-state index < -0.39 is 0 Å². The Morgan fingerprint density at radius 2 is 1.94 bits per heavy atom. The van der Waals surface area contributed by atoms with Gasteiger partial charge in [0.15, 0.2) is 0 Å². The van der Waals surface area contributed by atoms with Crippen molar-refractivity contribution in [3.8, 4) is 6.07 Å². The summed E-state index contributed by atoms with van der Waals surface area (Å²) in [7, 11) is 3.90. The van der Waals surface area contributed by atoms with E-state index in [0.717, 1.165) is 22.2 Å². The minimum Gasteiger partial charge on any atom is -0.376 e. The van der Waals surface area contributed by atoms with Gasteiger partial charge in [-0.25, -0.2) is 0 Å². The summed E-state index contributed by atoms with van der Waals surface area (Å²) in [4.78, 5) is 6.36. The average molecular weight is 225 g/mol. The summed E-state index contributed by atoms with van der Waals surface area (Å²) < 4.78 is 0. The zero-order valence-corrected chi connectivity index (χ0v) is 10.6. The normalized spacial score (nSPS) is 10.3. The Labute approximate surface area is 101 Å². The number of pyridine rings is 1. The molecule has 0 bridgehead atoms. The topological polar surface area (TPSA) is 39.9 Å². The number of hydrogen-bond donors (Lipinski definition) is 0. The highest BCUT2D eigenvalue weighted by atomic mass is 15.1. The second-order valence-corrected chi connectivity index (χ2v) is 4.50. The van der Waals surface area contributed by atoms with Crippen LogP contribution < -0.4 is 4.90 Å². The fourth-order valence-electron chi connectivity index (χ4n) is 2.21. The molecule has 0 unspecified atom stereocenters. The third-order valence-electron chi connectivity index (χ3n) is 2.85. The number of nitriles is 1. The van der Waals surface area contributed by atoms with Crippen molar-refractivity contribution < 1.29 is 0 Å². The van der Waals surface area contributed by atoms with Crippen molar-refractivity contribution in [1.29, 1.82) is 5.26 Å². The number of nitrogens with zero attached hydrogens (tertiary/aromatic N) is 3. The van der Waals surface area contributed by atoms with Gasteiger partial charge in [0.05, 0.1) is 16.8 Å². The van der Waals surface area contributed by atoms with E-state index in [0.29, 0.717) is 5.56 Å². The first-order valence-electron chi connectivity index (χ1n) is 5.52. The van der Waals surface area contributed by atoms with Crippen LogP contribution in [0.4, 0.5) is 5.69 Å². The molecule has 0 saturated heterocycles. The largest absolute Gasteiger partial charge is 0.376 e. The first-order valence-corrected chi connectivity index (χ1v) is 5.52. The van der Waals surface area contributed by atoms with Crippen LogP contribution in [0.3, 0.4) is 0 Å². The lowest BCUT2D eigenvalue weighted by Gasteiger charge is -2.17. The van der Waals surface area contributed by atoms with Crippen LogP contribution in [0.2, 0.25) is 0 Å². The summed E-state index contributed by atoms with van der Waals surface area (Å²) in [5.41, 5.74) is 4.87. The van der Waals surface area contributed by atoms with Gasteiger partial charge in [0, 0.05) is 25.7 Å². The highest BCUT2D eigenvalue weighted by molar-refractivity contribution is 5.96. The second-order valence-electron chi connectivity index (χ2n) is 4.50. The van der Waals surface area contributed by atoms with Crippen molar-refractivity contribution in [3.05, 3.63) is 35.0 Å². The van der Waals surface area contributed by atoms with E-state index in [4.69, 9.17) is 5.26 Å². The third kappa shape index (κ3) is 1.83. The van der Waals surface area contributed by atoms with E-state index in [9.17, 15) is 0 Å². The van der Waals surface area contributed by atoms with Gasteiger partial charge in [-0.3, -0.25) is 4.98 Å². The Kier molecular flexibility index (Phi) is 2.72. The maximum absolute atomic E-state index is 9.15. The standard InChI is InChI=1S/C14H15N3/c1-9-5-10(2)13-12(6-9)14(17(3)4)11(7-15)8-16-13/h5-6,8H,1-4H3. The molecule has 17 heavy (non-hydrogen) atoms.